The zero-order valence-corrected chi connectivity index (χ0v) is 10.9. The minimum Gasteiger partial charge on any atom is -0.370 e. The zero-order chi connectivity index (χ0) is 12.1. The van der Waals surface area contributed by atoms with Gasteiger partial charge in [0.15, 0.2) is 5.78 Å². The van der Waals surface area contributed by atoms with Crippen LogP contribution in [0.1, 0.15) is 23.5 Å². The lowest BCUT2D eigenvalue weighted by Crippen LogP contribution is -2.33. The third-order valence-electron chi connectivity index (χ3n) is 2.78. The summed E-state index contributed by atoms with van der Waals surface area (Å²) in [7, 11) is 0. The number of carbonyl (C=O) groups is 1. The smallest absolute Gasteiger partial charge is 0.165 e. The lowest BCUT2D eigenvalue weighted by Gasteiger charge is -2.22. The predicted molar refractivity (Wildman–Crippen MR) is 67.4 cm³/mol. The van der Waals surface area contributed by atoms with Gasteiger partial charge in [-0.25, -0.2) is 4.98 Å². The van der Waals surface area contributed by atoms with Crippen molar-refractivity contribution in [3.05, 3.63) is 16.1 Å². The Morgan fingerprint density at radius 1 is 1.59 bits per heavy atom. The van der Waals surface area contributed by atoms with E-state index in [1.165, 1.54) is 0 Å². The van der Waals surface area contributed by atoms with Crippen molar-refractivity contribution in [3.8, 4) is 0 Å². The van der Waals surface area contributed by atoms with E-state index in [9.17, 15) is 4.79 Å². The summed E-state index contributed by atoms with van der Waals surface area (Å²) in [6.07, 6.45) is 2.66. The summed E-state index contributed by atoms with van der Waals surface area (Å²) in [6.45, 7) is 4.15. The van der Waals surface area contributed by atoms with E-state index in [4.69, 9.17) is 4.74 Å². The largest absolute Gasteiger partial charge is 0.370 e. The summed E-state index contributed by atoms with van der Waals surface area (Å²) < 4.78 is 5.61. The van der Waals surface area contributed by atoms with E-state index in [0.29, 0.717) is 6.42 Å². The Kier molecular flexibility index (Phi) is 4.65. The Bertz CT molecular complexity index is 372. The lowest BCUT2D eigenvalue weighted by molar-refractivity contribution is -0.125. The lowest BCUT2D eigenvalue weighted by atomic mass is 10.1. The molecule has 17 heavy (non-hydrogen) atoms. The minimum absolute atomic E-state index is 0.123. The fraction of sp³-hybridized carbons (Fsp3) is 0.667. The molecule has 2 rings (SSSR count). The molecule has 0 atom stereocenters. The summed E-state index contributed by atoms with van der Waals surface area (Å²) in [4.78, 5) is 16.0. The van der Waals surface area contributed by atoms with Gasteiger partial charge in [-0.05, 0) is 32.9 Å². The van der Waals surface area contributed by atoms with Crippen molar-refractivity contribution in [2.45, 2.75) is 32.3 Å². The number of thiazole rings is 1. The van der Waals surface area contributed by atoms with Crippen molar-refractivity contribution in [1.29, 1.82) is 0 Å². The maximum Gasteiger partial charge on any atom is 0.165 e. The van der Waals surface area contributed by atoms with Crippen molar-refractivity contribution in [1.82, 2.24) is 10.3 Å². The summed E-state index contributed by atoms with van der Waals surface area (Å²) in [5.41, 5.74) is 0.983. The van der Waals surface area contributed by atoms with Gasteiger partial charge >= 0.3 is 0 Å². The predicted octanol–water partition coefficient (Wildman–Crippen LogP) is 1.33. The van der Waals surface area contributed by atoms with Crippen LogP contribution in [0, 0.1) is 6.92 Å². The molecule has 1 aromatic rings. The summed E-state index contributed by atoms with van der Waals surface area (Å²) in [6, 6.07) is 0. The number of carbonyl (C=O) groups excluding carboxylic acids is 1. The van der Waals surface area contributed by atoms with Crippen molar-refractivity contribution in [3.63, 3.8) is 0 Å². The number of piperidine rings is 1. The van der Waals surface area contributed by atoms with Crippen LogP contribution in [-0.4, -0.2) is 36.6 Å². The molecule has 0 bridgehead atoms. The van der Waals surface area contributed by atoms with Gasteiger partial charge in [-0.1, -0.05) is 0 Å². The normalized spacial score (nSPS) is 17.2. The van der Waals surface area contributed by atoms with Crippen LogP contribution in [0.3, 0.4) is 0 Å². The van der Waals surface area contributed by atoms with Gasteiger partial charge in [0.1, 0.15) is 11.6 Å². The molecule has 0 aliphatic carbocycles. The molecular weight excluding hydrogens is 236 g/mol. The second kappa shape index (κ2) is 6.23. The Hall–Kier alpha value is -0.780. The second-order valence-corrected chi connectivity index (χ2v) is 5.30. The standard InChI is InChI=1S/C12H18N2O2S/c1-9-8-17-12(14-9)6-10(15)7-16-11-2-4-13-5-3-11/h8,11,13H,2-7H2,1H3. The molecule has 1 aliphatic heterocycles. The molecule has 2 heterocycles. The first-order valence-corrected chi connectivity index (χ1v) is 6.87. The average molecular weight is 254 g/mol. The highest BCUT2D eigenvalue weighted by Crippen LogP contribution is 2.11. The highest BCUT2D eigenvalue weighted by Gasteiger charge is 2.15. The topological polar surface area (TPSA) is 51.2 Å². The second-order valence-electron chi connectivity index (χ2n) is 4.36. The van der Waals surface area contributed by atoms with Crippen molar-refractivity contribution in [2.24, 2.45) is 0 Å². The van der Waals surface area contributed by atoms with Crippen LogP contribution < -0.4 is 5.32 Å². The molecule has 0 aromatic carbocycles. The number of Topliss-reactive ketones (excluding diaryl/α,β-unsaturated/α-hetero) is 1. The number of ether oxygens (including phenoxy) is 1. The molecule has 0 radical (unpaired) electrons. The number of nitrogens with one attached hydrogen (secondary N) is 1. The van der Waals surface area contributed by atoms with Crippen LogP contribution >= 0.6 is 11.3 Å². The van der Waals surface area contributed by atoms with E-state index >= 15 is 0 Å². The van der Waals surface area contributed by atoms with E-state index < -0.39 is 0 Å². The molecule has 1 aliphatic rings. The van der Waals surface area contributed by atoms with Gasteiger partial charge in [-0.2, -0.15) is 0 Å². The highest BCUT2D eigenvalue weighted by atomic mass is 32.1. The van der Waals surface area contributed by atoms with Crippen LogP contribution in [0.5, 0.6) is 0 Å². The van der Waals surface area contributed by atoms with Gasteiger partial charge in [-0.15, -0.1) is 11.3 Å². The van der Waals surface area contributed by atoms with Crippen LogP contribution in [0.4, 0.5) is 0 Å². The number of ketones is 1. The first-order valence-electron chi connectivity index (χ1n) is 5.99. The molecule has 94 valence electrons. The molecule has 1 N–H and O–H groups in total. The molecule has 1 fully saturated rings. The maximum absolute atomic E-state index is 11.7. The molecule has 0 saturated carbocycles. The van der Waals surface area contributed by atoms with Gasteiger partial charge in [0.25, 0.3) is 0 Å². The van der Waals surface area contributed by atoms with Gasteiger partial charge in [0.2, 0.25) is 0 Å². The fourth-order valence-electron chi connectivity index (χ4n) is 1.88. The zero-order valence-electron chi connectivity index (χ0n) is 10.1. The molecule has 1 saturated heterocycles. The number of aryl methyl sites for hydroxylation is 1. The van der Waals surface area contributed by atoms with E-state index in [-0.39, 0.29) is 18.5 Å². The summed E-state index contributed by atoms with van der Waals surface area (Å²) >= 11 is 1.54. The number of hydrogen-bond acceptors (Lipinski definition) is 5. The Morgan fingerprint density at radius 2 is 2.35 bits per heavy atom. The first-order chi connectivity index (χ1) is 8.24. The highest BCUT2D eigenvalue weighted by molar-refractivity contribution is 7.09. The Labute approximate surface area is 105 Å². The van der Waals surface area contributed by atoms with E-state index in [1.54, 1.807) is 11.3 Å². The van der Waals surface area contributed by atoms with E-state index in [0.717, 1.165) is 36.6 Å². The maximum atomic E-state index is 11.7. The fourth-order valence-corrected chi connectivity index (χ4v) is 2.68. The van der Waals surface area contributed by atoms with Crippen molar-refractivity contribution < 1.29 is 9.53 Å². The van der Waals surface area contributed by atoms with Gasteiger partial charge in [0.05, 0.1) is 12.5 Å². The van der Waals surface area contributed by atoms with Gasteiger partial charge < -0.3 is 10.1 Å². The van der Waals surface area contributed by atoms with Crippen LogP contribution in [0.15, 0.2) is 5.38 Å². The SMILES string of the molecule is Cc1csc(CC(=O)COC2CCNCC2)n1. The van der Waals surface area contributed by atoms with Crippen LogP contribution in [0.25, 0.3) is 0 Å². The third-order valence-corrected chi connectivity index (χ3v) is 3.75. The molecule has 0 spiro atoms. The van der Waals surface area contributed by atoms with Crippen LogP contribution in [0.2, 0.25) is 0 Å². The van der Waals surface area contributed by atoms with Gasteiger partial charge in [0, 0.05) is 11.1 Å². The average Bonchev–Trinajstić information content (AvgIpc) is 2.73. The van der Waals surface area contributed by atoms with Crippen LogP contribution in [-0.2, 0) is 16.0 Å². The van der Waals surface area contributed by atoms with E-state index in [2.05, 4.69) is 10.3 Å². The Balaban J connectivity index is 1.70. The number of hydrogen-bond donors (Lipinski definition) is 1. The number of nitrogens with zero attached hydrogens (tertiary/aromatic N) is 1. The molecule has 1 aromatic heterocycles. The molecule has 4 nitrogen and oxygen atoms in total. The molecule has 5 heteroatoms. The first kappa shape index (κ1) is 12.7. The van der Waals surface area contributed by atoms with Crippen molar-refractivity contribution in [2.75, 3.05) is 19.7 Å². The number of aromatic nitrogens is 1. The van der Waals surface area contributed by atoms with E-state index in [1.807, 2.05) is 12.3 Å². The Morgan fingerprint density at radius 3 is 3.00 bits per heavy atom. The summed E-state index contributed by atoms with van der Waals surface area (Å²) in [5, 5.41) is 6.13. The molecule has 0 amide bonds. The quantitative estimate of drug-likeness (QED) is 0.861. The number of rotatable bonds is 5. The molecule has 0 unspecified atom stereocenters. The monoisotopic (exact) mass is 254 g/mol. The van der Waals surface area contributed by atoms with Gasteiger partial charge in [-0.3, -0.25) is 4.79 Å². The molecular formula is C12H18N2O2S. The summed E-state index contributed by atoms with van der Waals surface area (Å²) in [5.74, 6) is 0.123. The minimum atomic E-state index is 0.123. The third kappa shape index (κ3) is 4.18. The van der Waals surface area contributed by atoms with Crippen molar-refractivity contribution >= 4 is 17.1 Å².